The minimum absolute atomic E-state index is 0.511. The van der Waals surface area contributed by atoms with Crippen molar-refractivity contribution in [2.75, 3.05) is 5.73 Å². The molecule has 0 saturated carbocycles. The Kier molecular flexibility index (Phi) is 4.19. The lowest BCUT2D eigenvalue weighted by Crippen LogP contribution is -2.38. The molecule has 0 radical (unpaired) electrons. The third-order valence-corrected chi connectivity index (χ3v) is 4.27. The molecule has 5 nitrogen and oxygen atoms in total. The van der Waals surface area contributed by atoms with Crippen molar-refractivity contribution in [2.24, 2.45) is 10.7 Å². The predicted octanol–water partition coefficient (Wildman–Crippen LogP) is 4.02. The fourth-order valence-corrected chi connectivity index (χ4v) is 3.02. The van der Waals surface area contributed by atoms with Crippen LogP contribution in [0.2, 0.25) is 0 Å². The van der Waals surface area contributed by atoms with Crippen LogP contribution in [0, 0.1) is 0 Å². The van der Waals surface area contributed by atoms with Crippen molar-refractivity contribution in [2.45, 2.75) is 13.1 Å². The van der Waals surface area contributed by atoms with Gasteiger partial charge in [0, 0.05) is 24.3 Å². The number of aliphatic imine (C=N–C) groups is 1. The van der Waals surface area contributed by atoms with Gasteiger partial charge in [-0.1, -0.05) is 30.3 Å². The molecule has 3 aromatic carbocycles. The van der Waals surface area contributed by atoms with Gasteiger partial charge >= 0.3 is 0 Å². The number of ether oxygens (including phenoxy) is 1. The van der Waals surface area contributed by atoms with Gasteiger partial charge in [0.05, 0.1) is 5.69 Å². The van der Waals surface area contributed by atoms with Gasteiger partial charge in [0.25, 0.3) is 0 Å². The highest BCUT2D eigenvalue weighted by molar-refractivity contribution is 5.83. The van der Waals surface area contributed by atoms with Crippen molar-refractivity contribution in [3.05, 3.63) is 83.9 Å². The van der Waals surface area contributed by atoms with Gasteiger partial charge in [-0.25, -0.2) is 4.99 Å². The smallest absolute Gasteiger partial charge is 0.197 e. The lowest BCUT2D eigenvalue weighted by molar-refractivity contribution is 0.395. The summed E-state index contributed by atoms with van der Waals surface area (Å²) in [5.41, 5.74) is 15.8. The van der Waals surface area contributed by atoms with Crippen LogP contribution in [0.1, 0.15) is 11.1 Å². The molecule has 0 unspecified atom stereocenters. The number of nitrogens with zero attached hydrogens (tertiary/aromatic N) is 2. The largest absolute Gasteiger partial charge is 0.457 e. The van der Waals surface area contributed by atoms with E-state index in [-0.39, 0.29) is 0 Å². The van der Waals surface area contributed by atoms with Gasteiger partial charge in [-0.2, -0.15) is 0 Å². The molecule has 26 heavy (non-hydrogen) atoms. The Morgan fingerprint density at radius 1 is 0.885 bits per heavy atom. The van der Waals surface area contributed by atoms with Crippen molar-refractivity contribution < 1.29 is 4.74 Å². The Balaban J connectivity index is 1.55. The summed E-state index contributed by atoms with van der Waals surface area (Å²) in [6, 6.07) is 23.4. The number of fused-ring (bicyclic) bond motifs is 1. The molecule has 0 aromatic heterocycles. The van der Waals surface area contributed by atoms with Crippen LogP contribution in [0.15, 0.2) is 77.8 Å². The molecule has 0 bridgehead atoms. The summed E-state index contributed by atoms with van der Waals surface area (Å²) in [7, 11) is 0. The average molecular weight is 344 g/mol. The molecule has 130 valence electrons. The first-order valence-corrected chi connectivity index (χ1v) is 8.47. The summed E-state index contributed by atoms with van der Waals surface area (Å²) >= 11 is 0. The van der Waals surface area contributed by atoms with Gasteiger partial charge < -0.3 is 21.1 Å². The molecule has 0 spiro atoms. The van der Waals surface area contributed by atoms with Crippen LogP contribution in [-0.4, -0.2) is 10.9 Å². The molecule has 3 aromatic rings. The summed E-state index contributed by atoms with van der Waals surface area (Å²) in [6.45, 7) is 1.33. The van der Waals surface area contributed by atoms with E-state index in [0.29, 0.717) is 19.0 Å². The van der Waals surface area contributed by atoms with Crippen LogP contribution in [-0.2, 0) is 13.1 Å². The van der Waals surface area contributed by atoms with Gasteiger partial charge in [0.1, 0.15) is 11.5 Å². The van der Waals surface area contributed by atoms with E-state index in [0.717, 1.165) is 34.0 Å². The van der Waals surface area contributed by atoms with Crippen LogP contribution >= 0.6 is 0 Å². The first kappa shape index (κ1) is 16.0. The number of hydrogen-bond donors (Lipinski definition) is 2. The fourth-order valence-electron chi connectivity index (χ4n) is 3.02. The van der Waals surface area contributed by atoms with E-state index in [1.54, 1.807) is 0 Å². The summed E-state index contributed by atoms with van der Waals surface area (Å²) in [6.07, 6.45) is 0. The van der Waals surface area contributed by atoms with Crippen LogP contribution in [0.25, 0.3) is 0 Å². The molecule has 0 saturated heterocycles. The van der Waals surface area contributed by atoms with Crippen molar-refractivity contribution in [1.82, 2.24) is 4.90 Å². The van der Waals surface area contributed by atoms with E-state index in [1.807, 2.05) is 77.7 Å². The van der Waals surface area contributed by atoms with Gasteiger partial charge in [0.15, 0.2) is 5.96 Å². The maximum atomic E-state index is 6.15. The topological polar surface area (TPSA) is 76.9 Å². The zero-order chi connectivity index (χ0) is 17.9. The molecule has 0 amide bonds. The molecular formula is C21H20N4O. The van der Waals surface area contributed by atoms with Crippen LogP contribution in [0.5, 0.6) is 11.5 Å². The van der Waals surface area contributed by atoms with Crippen LogP contribution in [0.4, 0.5) is 11.4 Å². The summed E-state index contributed by atoms with van der Waals surface area (Å²) < 4.78 is 5.93. The molecule has 0 fully saturated rings. The highest BCUT2D eigenvalue weighted by Crippen LogP contribution is 2.31. The molecule has 0 aliphatic carbocycles. The average Bonchev–Trinajstić information content (AvgIpc) is 2.64. The second kappa shape index (κ2) is 6.80. The second-order valence-corrected chi connectivity index (χ2v) is 6.28. The first-order valence-electron chi connectivity index (χ1n) is 8.47. The number of guanidine groups is 1. The van der Waals surface area contributed by atoms with Crippen molar-refractivity contribution >= 4 is 17.3 Å². The van der Waals surface area contributed by atoms with E-state index in [4.69, 9.17) is 16.2 Å². The molecule has 1 aliphatic heterocycles. The number of hydrogen-bond acceptors (Lipinski definition) is 5. The number of nitrogen functional groups attached to an aromatic ring is 1. The Morgan fingerprint density at radius 3 is 2.54 bits per heavy atom. The van der Waals surface area contributed by atoms with Gasteiger partial charge in [-0.3, -0.25) is 0 Å². The minimum atomic E-state index is 0.511. The third-order valence-electron chi connectivity index (χ3n) is 4.27. The van der Waals surface area contributed by atoms with Crippen molar-refractivity contribution in [3.8, 4) is 11.5 Å². The van der Waals surface area contributed by atoms with Gasteiger partial charge in [-0.15, -0.1) is 0 Å². The minimum Gasteiger partial charge on any atom is -0.457 e. The second-order valence-electron chi connectivity index (χ2n) is 6.28. The molecule has 4 N–H and O–H groups in total. The molecule has 0 atom stereocenters. The summed E-state index contributed by atoms with van der Waals surface area (Å²) in [4.78, 5) is 6.56. The lowest BCUT2D eigenvalue weighted by Gasteiger charge is -2.28. The number of para-hydroxylation sites is 1. The van der Waals surface area contributed by atoms with Crippen LogP contribution in [0.3, 0.4) is 0 Å². The van der Waals surface area contributed by atoms with E-state index in [9.17, 15) is 0 Å². The number of nitrogens with two attached hydrogens (primary N) is 2. The maximum absolute atomic E-state index is 6.15. The zero-order valence-corrected chi connectivity index (χ0v) is 14.3. The van der Waals surface area contributed by atoms with E-state index < -0.39 is 0 Å². The highest BCUT2D eigenvalue weighted by atomic mass is 16.5. The zero-order valence-electron chi connectivity index (χ0n) is 14.3. The number of rotatable bonds is 4. The molecular weight excluding hydrogens is 324 g/mol. The van der Waals surface area contributed by atoms with Gasteiger partial charge in [0.2, 0.25) is 0 Å². The molecule has 4 rings (SSSR count). The number of benzene rings is 3. The van der Waals surface area contributed by atoms with E-state index >= 15 is 0 Å². The Hall–Kier alpha value is -3.47. The number of anilines is 1. The van der Waals surface area contributed by atoms with E-state index in [2.05, 4.69) is 4.99 Å². The standard InChI is InChI=1S/C21H20N4O/c22-17-6-4-5-15(11-17)13-25-14-16-12-19(9-10-20(16)24-21(25)23)26-18-7-2-1-3-8-18/h1-12H,13-14,22H2,(H2,23,24). The van der Waals surface area contributed by atoms with Crippen molar-refractivity contribution in [3.63, 3.8) is 0 Å². The molecule has 1 heterocycles. The molecule has 1 aliphatic rings. The Labute approximate surface area is 152 Å². The highest BCUT2D eigenvalue weighted by Gasteiger charge is 2.18. The maximum Gasteiger partial charge on any atom is 0.197 e. The SMILES string of the molecule is NC1=Nc2ccc(Oc3ccccc3)cc2CN1Cc1cccc(N)c1. The Morgan fingerprint density at radius 2 is 1.73 bits per heavy atom. The summed E-state index contributed by atoms with van der Waals surface area (Å²) in [5, 5.41) is 0. The molecule has 5 heteroatoms. The van der Waals surface area contributed by atoms with Crippen LogP contribution < -0.4 is 16.2 Å². The quantitative estimate of drug-likeness (QED) is 0.701. The lowest BCUT2D eigenvalue weighted by atomic mass is 10.1. The first-order chi connectivity index (χ1) is 12.7. The normalized spacial score (nSPS) is 13.1. The fraction of sp³-hybridized carbons (Fsp3) is 0.0952. The summed E-state index contributed by atoms with van der Waals surface area (Å²) in [5.74, 6) is 2.11. The third kappa shape index (κ3) is 3.47. The monoisotopic (exact) mass is 344 g/mol. The van der Waals surface area contributed by atoms with Gasteiger partial charge in [-0.05, 0) is 48.0 Å². The predicted molar refractivity (Wildman–Crippen MR) is 104 cm³/mol. The van der Waals surface area contributed by atoms with E-state index in [1.165, 1.54) is 0 Å². The Bertz CT molecular complexity index is 953. The van der Waals surface area contributed by atoms with Crippen molar-refractivity contribution in [1.29, 1.82) is 0 Å².